The van der Waals surface area contributed by atoms with E-state index >= 15 is 0 Å². The first kappa shape index (κ1) is 11.4. The van der Waals surface area contributed by atoms with Crippen LogP contribution in [0.1, 0.15) is 0 Å². The van der Waals surface area contributed by atoms with Crippen molar-refractivity contribution in [3.8, 4) is 0 Å². The number of nitrogens with zero attached hydrogens (tertiary/aromatic N) is 1. The number of hydrogen-bond acceptors (Lipinski definition) is 4. The largest absolute Gasteiger partial charge is 0.480 e. The Morgan fingerprint density at radius 2 is 1.54 bits per heavy atom. The molecule has 0 bridgehead atoms. The van der Waals surface area contributed by atoms with Gasteiger partial charge in [0.05, 0.1) is 6.54 Å². The van der Waals surface area contributed by atoms with Gasteiger partial charge in [-0.1, -0.05) is 0 Å². The summed E-state index contributed by atoms with van der Waals surface area (Å²) < 4.78 is 0. The molecule has 0 saturated heterocycles. The van der Waals surface area contributed by atoms with E-state index in [1.54, 1.807) is 0 Å². The van der Waals surface area contributed by atoms with Crippen LogP contribution in [0, 0.1) is 0 Å². The van der Waals surface area contributed by atoms with Crippen molar-refractivity contribution in [3.05, 3.63) is 0 Å². The van der Waals surface area contributed by atoms with Gasteiger partial charge in [-0.2, -0.15) is 0 Å². The molecule has 0 rings (SSSR count). The van der Waals surface area contributed by atoms with Crippen LogP contribution < -0.4 is 0 Å². The Kier molecular flexibility index (Phi) is 3.86. The number of carboxylic acids is 3. The zero-order chi connectivity index (χ0) is 10.6. The third-order valence-corrected chi connectivity index (χ3v) is 1.29. The van der Waals surface area contributed by atoms with Crippen LogP contribution in [0.2, 0.25) is 0 Å². The van der Waals surface area contributed by atoms with Crippen molar-refractivity contribution in [1.29, 1.82) is 0 Å². The van der Waals surface area contributed by atoms with Gasteiger partial charge in [-0.25, -0.2) is 9.59 Å². The molecule has 74 valence electrons. The van der Waals surface area contributed by atoms with E-state index < -0.39 is 30.5 Å². The first-order chi connectivity index (χ1) is 5.86. The van der Waals surface area contributed by atoms with Crippen LogP contribution in [0.25, 0.3) is 0 Å². The predicted molar refractivity (Wildman–Crippen MR) is 39.3 cm³/mol. The predicted octanol–water partition coefficient (Wildman–Crippen LogP) is -1.46. The smallest absolute Gasteiger partial charge is 0.332 e. The van der Waals surface area contributed by atoms with Crippen LogP contribution in [0.4, 0.5) is 0 Å². The topological polar surface area (TPSA) is 115 Å². The van der Waals surface area contributed by atoms with E-state index in [2.05, 4.69) is 0 Å². The quantitative estimate of drug-likeness (QED) is 0.455. The zero-order valence-corrected chi connectivity index (χ0v) is 6.80. The summed E-state index contributed by atoms with van der Waals surface area (Å²) in [4.78, 5) is 31.5. The summed E-state index contributed by atoms with van der Waals surface area (Å²) in [7, 11) is 1.11. The molecule has 0 fully saturated rings. The summed E-state index contributed by atoms with van der Waals surface area (Å²) in [6.45, 7) is -0.636. The van der Waals surface area contributed by atoms with Gasteiger partial charge >= 0.3 is 17.9 Å². The summed E-state index contributed by atoms with van der Waals surface area (Å²) in [5.41, 5.74) is 0. The van der Waals surface area contributed by atoms with Gasteiger partial charge < -0.3 is 15.3 Å². The minimum Gasteiger partial charge on any atom is -0.480 e. The molecule has 0 unspecified atom stereocenters. The van der Waals surface area contributed by atoms with E-state index in [1.165, 1.54) is 0 Å². The van der Waals surface area contributed by atoms with Crippen molar-refractivity contribution < 1.29 is 29.7 Å². The Bertz CT molecular complexity index is 223. The van der Waals surface area contributed by atoms with Crippen molar-refractivity contribution in [2.24, 2.45) is 0 Å². The van der Waals surface area contributed by atoms with Gasteiger partial charge in [-0.3, -0.25) is 9.69 Å². The van der Waals surface area contributed by atoms with Crippen LogP contribution in [-0.4, -0.2) is 57.8 Å². The molecule has 0 aliphatic carbocycles. The van der Waals surface area contributed by atoms with Gasteiger partial charge in [-0.15, -0.1) is 0 Å². The third-order valence-electron chi connectivity index (χ3n) is 1.29. The summed E-state index contributed by atoms with van der Waals surface area (Å²) in [5.74, 6) is -4.46. The molecule has 0 aromatic rings. The summed E-state index contributed by atoms with van der Waals surface area (Å²) >= 11 is 0. The summed E-state index contributed by atoms with van der Waals surface area (Å²) in [6, 6.07) is -1.82. The molecule has 0 saturated carbocycles. The number of hydrogen-bond donors (Lipinski definition) is 3. The van der Waals surface area contributed by atoms with Crippen LogP contribution in [0.3, 0.4) is 0 Å². The van der Waals surface area contributed by atoms with Crippen molar-refractivity contribution in [3.63, 3.8) is 0 Å². The Hall–Kier alpha value is -1.63. The van der Waals surface area contributed by atoms with Gasteiger partial charge in [0, 0.05) is 0 Å². The van der Waals surface area contributed by atoms with Gasteiger partial charge in [-0.05, 0) is 7.05 Å². The molecule has 0 aromatic heterocycles. The number of aliphatic carboxylic acids is 3. The van der Waals surface area contributed by atoms with Gasteiger partial charge in [0.1, 0.15) is 0 Å². The minimum atomic E-state index is -1.82. The average molecular weight is 191 g/mol. The molecule has 0 amide bonds. The molecule has 7 heteroatoms. The van der Waals surface area contributed by atoms with E-state index in [0.717, 1.165) is 7.05 Å². The molecule has 7 nitrogen and oxygen atoms in total. The molecule has 0 radical (unpaired) electrons. The first-order valence-electron chi connectivity index (χ1n) is 3.24. The van der Waals surface area contributed by atoms with Crippen molar-refractivity contribution in [1.82, 2.24) is 4.90 Å². The number of carbonyl (C=O) groups is 3. The second kappa shape index (κ2) is 4.41. The second-order valence-corrected chi connectivity index (χ2v) is 2.39. The van der Waals surface area contributed by atoms with E-state index in [4.69, 9.17) is 15.3 Å². The highest BCUT2D eigenvalue weighted by Gasteiger charge is 2.31. The fraction of sp³-hybridized carbons (Fsp3) is 0.500. The SMILES string of the molecule is CN(CC(=O)O)C(C(=O)O)C(=O)O. The molecule has 0 aliphatic rings. The standard InChI is InChI=1S/C6H9NO6/c1-7(2-3(8)9)4(5(10)11)6(12)13/h4H,2H2,1H3,(H,8,9)(H,10,11)(H,12,13). The molecule has 0 spiro atoms. The van der Waals surface area contributed by atoms with Crippen molar-refractivity contribution >= 4 is 17.9 Å². The minimum absolute atomic E-state index is 0.636. The molecular formula is C6H9NO6. The number of rotatable bonds is 5. The first-order valence-corrected chi connectivity index (χ1v) is 3.24. The fourth-order valence-corrected chi connectivity index (χ4v) is 0.787. The summed E-state index contributed by atoms with van der Waals surface area (Å²) in [5, 5.41) is 25.1. The molecule has 0 aromatic carbocycles. The van der Waals surface area contributed by atoms with Crippen LogP contribution in [-0.2, 0) is 14.4 Å². The lowest BCUT2D eigenvalue weighted by Crippen LogP contribution is -2.46. The molecule has 13 heavy (non-hydrogen) atoms. The molecule has 0 heterocycles. The Balaban J connectivity index is 4.46. The lowest BCUT2D eigenvalue weighted by molar-refractivity contribution is -0.156. The lowest BCUT2D eigenvalue weighted by Gasteiger charge is -2.18. The normalized spacial score (nSPS) is 10.4. The van der Waals surface area contributed by atoms with E-state index in [-0.39, 0.29) is 0 Å². The van der Waals surface area contributed by atoms with E-state index in [9.17, 15) is 14.4 Å². The van der Waals surface area contributed by atoms with Gasteiger partial charge in [0.2, 0.25) is 6.04 Å². The highest BCUT2D eigenvalue weighted by Crippen LogP contribution is 1.96. The second-order valence-electron chi connectivity index (χ2n) is 2.39. The lowest BCUT2D eigenvalue weighted by atomic mass is 10.2. The average Bonchev–Trinajstić information content (AvgIpc) is 1.81. The van der Waals surface area contributed by atoms with E-state index in [0.29, 0.717) is 4.90 Å². The zero-order valence-electron chi connectivity index (χ0n) is 6.80. The van der Waals surface area contributed by atoms with Crippen LogP contribution >= 0.6 is 0 Å². The number of likely N-dealkylation sites (N-methyl/N-ethyl adjacent to an activating group) is 1. The monoisotopic (exact) mass is 191 g/mol. The Morgan fingerprint density at radius 1 is 1.15 bits per heavy atom. The van der Waals surface area contributed by atoms with Crippen molar-refractivity contribution in [2.75, 3.05) is 13.6 Å². The van der Waals surface area contributed by atoms with Crippen molar-refractivity contribution in [2.45, 2.75) is 6.04 Å². The maximum Gasteiger partial charge on any atom is 0.332 e. The highest BCUT2D eigenvalue weighted by atomic mass is 16.4. The van der Waals surface area contributed by atoms with E-state index in [1.807, 2.05) is 0 Å². The maximum absolute atomic E-state index is 10.3. The molecular weight excluding hydrogens is 182 g/mol. The molecule has 0 aliphatic heterocycles. The highest BCUT2D eigenvalue weighted by molar-refractivity contribution is 5.97. The van der Waals surface area contributed by atoms with Crippen LogP contribution in [0.5, 0.6) is 0 Å². The van der Waals surface area contributed by atoms with Gasteiger partial charge in [0.25, 0.3) is 0 Å². The molecule has 0 atom stereocenters. The van der Waals surface area contributed by atoms with Crippen LogP contribution in [0.15, 0.2) is 0 Å². The third kappa shape index (κ3) is 3.52. The van der Waals surface area contributed by atoms with Gasteiger partial charge in [0.15, 0.2) is 0 Å². The molecule has 3 N–H and O–H groups in total. The fourth-order valence-electron chi connectivity index (χ4n) is 0.787. The number of carboxylic acid groups (broad SMARTS) is 3. The Labute approximate surface area is 73.2 Å². The maximum atomic E-state index is 10.3. The Morgan fingerprint density at radius 3 is 1.77 bits per heavy atom. The summed E-state index contributed by atoms with van der Waals surface area (Å²) in [6.07, 6.45) is 0.